The molecule has 0 atom stereocenters. The van der Waals surface area contributed by atoms with E-state index >= 15 is 0 Å². The molecule has 0 bridgehead atoms. The lowest BCUT2D eigenvalue weighted by Gasteiger charge is -2.23. The number of carbonyl (C=O) groups is 1. The molecular formula is C25H24N4O6S. The van der Waals surface area contributed by atoms with Crippen molar-refractivity contribution in [3.05, 3.63) is 93.5 Å². The van der Waals surface area contributed by atoms with Gasteiger partial charge in [-0.05, 0) is 49.4 Å². The van der Waals surface area contributed by atoms with E-state index in [0.717, 1.165) is 4.68 Å². The number of fused-ring (bicyclic) bond motifs is 1. The Bertz CT molecular complexity index is 1640. The number of sulfonamides is 1. The third-order valence-electron chi connectivity index (χ3n) is 5.55. The molecule has 1 amide bonds. The van der Waals surface area contributed by atoms with Gasteiger partial charge in [0.1, 0.15) is 12.3 Å². The van der Waals surface area contributed by atoms with Gasteiger partial charge in [0.15, 0.2) is 0 Å². The van der Waals surface area contributed by atoms with Gasteiger partial charge < -0.3 is 10.1 Å². The van der Waals surface area contributed by atoms with Crippen molar-refractivity contribution in [1.82, 2.24) is 9.78 Å². The van der Waals surface area contributed by atoms with Crippen LogP contribution in [0.15, 0.2) is 87.3 Å². The van der Waals surface area contributed by atoms with Gasteiger partial charge in [0.2, 0.25) is 5.91 Å². The molecule has 0 spiro atoms. The van der Waals surface area contributed by atoms with Gasteiger partial charge in [-0.15, -0.1) is 0 Å². The van der Waals surface area contributed by atoms with Crippen LogP contribution in [0, 0.1) is 0 Å². The van der Waals surface area contributed by atoms with E-state index in [4.69, 9.17) is 4.74 Å². The average molecular weight is 509 g/mol. The predicted octanol–water partition coefficient (Wildman–Crippen LogP) is 2.55. The second-order valence-corrected chi connectivity index (χ2v) is 9.66. The maximum absolute atomic E-state index is 13.4. The molecule has 0 aliphatic heterocycles. The number of nitrogens with one attached hydrogen (secondary N) is 2. The first-order chi connectivity index (χ1) is 17.3. The van der Waals surface area contributed by atoms with E-state index < -0.39 is 33.6 Å². The first-order valence-corrected chi connectivity index (χ1v) is 12.5. The van der Waals surface area contributed by atoms with E-state index in [1.807, 2.05) is 0 Å². The van der Waals surface area contributed by atoms with Crippen molar-refractivity contribution in [3.8, 4) is 5.75 Å². The van der Waals surface area contributed by atoms with Gasteiger partial charge in [-0.3, -0.25) is 23.8 Å². The van der Waals surface area contributed by atoms with Crippen molar-refractivity contribution in [3.63, 3.8) is 0 Å². The Morgan fingerprint density at radius 3 is 2.33 bits per heavy atom. The van der Waals surface area contributed by atoms with Crippen molar-refractivity contribution < 1.29 is 17.9 Å². The first-order valence-electron chi connectivity index (χ1n) is 11.0. The van der Waals surface area contributed by atoms with Crippen LogP contribution in [0.25, 0.3) is 10.8 Å². The van der Waals surface area contributed by atoms with Gasteiger partial charge in [-0.1, -0.05) is 30.3 Å². The highest BCUT2D eigenvalue weighted by atomic mass is 32.2. The molecule has 1 aromatic heterocycles. The molecule has 4 rings (SSSR count). The smallest absolute Gasteiger partial charge is 0.273 e. The minimum Gasteiger partial charge on any atom is -0.495 e. The quantitative estimate of drug-likeness (QED) is 0.376. The fourth-order valence-electron chi connectivity index (χ4n) is 3.85. The normalized spacial score (nSPS) is 11.3. The molecule has 0 radical (unpaired) electrons. The highest BCUT2D eigenvalue weighted by Gasteiger charge is 2.25. The van der Waals surface area contributed by atoms with Gasteiger partial charge in [0.25, 0.3) is 21.1 Å². The number of hydrogen-bond acceptors (Lipinski definition) is 6. The zero-order valence-electron chi connectivity index (χ0n) is 19.6. The third kappa shape index (κ3) is 4.73. The van der Waals surface area contributed by atoms with Gasteiger partial charge in [-0.25, -0.2) is 13.1 Å². The fourth-order valence-corrected chi connectivity index (χ4v) is 5.35. The number of hydrogen-bond donors (Lipinski definition) is 2. The van der Waals surface area contributed by atoms with E-state index in [1.54, 1.807) is 49.4 Å². The minimum atomic E-state index is -3.96. The number of amides is 1. The van der Waals surface area contributed by atoms with E-state index in [2.05, 4.69) is 10.4 Å². The van der Waals surface area contributed by atoms with E-state index in [9.17, 15) is 22.8 Å². The first kappa shape index (κ1) is 24.7. The van der Waals surface area contributed by atoms with Crippen LogP contribution in [0.1, 0.15) is 6.92 Å². The molecule has 0 fully saturated rings. The Kier molecular flexibility index (Phi) is 6.93. The summed E-state index contributed by atoms with van der Waals surface area (Å²) in [5, 5.41) is 5.38. The summed E-state index contributed by atoms with van der Waals surface area (Å²) in [5.74, 6) is -0.435. The van der Waals surface area contributed by atoms with Gasteiger partial charge in [-0.2, -0.15) is 0 Å². The Morgan fingerprint density at radius 2 is 1.67 bits per heavy atom. The monoisotopic (exact) mass is 508 g/mol. The lowest BCUT2D eigenvalue weighted by Crippen LogP contribution is -2.34. The third-order valence-corrected chi connectivity index (χ3v) is 7.45. The molecule has 0 saturated heterocycles. The van der Waals surface area contributed by atoms with Crippen LogP contribution in [0.3, 0.4) is 0 Å². The summed E-state index contributed by atoms with van der Waals surface area (Å²) in [5.41, 5.74) is -0.445. The lowest BCUT2D eigenvalue weighted by atomic mass is 10.2. The molecule has 4 aromatic rings. The molecule has 3 aromatic carbocycles. The highest BCUT2D eigenvalue weighted by molar-refractivity contribution is 7.92. The summed E-state index contributed by atoms with van der Waals surface area (Å²) in [6.07, 6.45) is 0. The van der Waals surface area contributed by atoms with E-state index in [1.165, 1.54) is 41.7 Å². The summed E-state index contributed by atoms with van der Waals surface area (Å²) in [6, 6.07) is 19.1. The molecule has 0 aliphatic carbocycles. The number of H-pyrrole nitrogens is 1. The van der Waals surface area contributed by atoms with Crippen molar-refractivity contribution in [1.29, 1.82) is 0 Å². The number of aromatic amines is 1. The van der Waals surface area contributed by atoms with E-state index in [0.29, 0.717) is 5.69 Å². The molecule has 11 heteroatoms. The number of nitrogens with zero attached hydrogens (tertiary/aromatic N) is 2. The number of carbonyl (C=O) groups excluding carboxylic acids is 1. The predicted molar refractivity (Wildman–Crippen MR) is 137 cm³/mol. The van der Waals surface area contributed by atoms with Crippen LogP contribution in [0.2, 0.25) is 0 Å². The zero-order chi connectivity index (χ0) is 25.9. The molecule has 0 unspecified atom stereocenters. The molecule has 1 heterocycles. The van der Waals surface area contributed by atoms with Crippen LogP contribution in [-0.2, 0) is 21.4 Å². The summed E-state index contributed by atoms with van der Waals surface area (Å²) in [6.45, 7) is 1.42. The van der Waals surface area contributed by atoms with Gasteiger partial charge >= 0.3 is 0 Å². The number of para-hydroxylation sites is 1. The molecule has 0 saturated carbocycles. The maximum atomic E-state index is 13.4. The van der Waals surface area contributed by atoms with Crippen molar-refractivity contribution >= 4 is 38.1 Å². The molecule has 2 N–H and O–H groups in total. The Morgan fingerprint density at radius 1 is 1.00 bits per heavy atom. The van der Waals surface area contributed by atoms with Crippen LogP contribution in [-0.4, -0.2) is 37.8 Å². The largest absolute Gasteiger partial charge is 0.495 e. The number of benzene rings is 3. The van der Waals surface area contributed by atoms with Crippen molar-refractivity contribution in [2.24, 2.45) is 0 Å². The molecule has 0 aliphatic rings. The van der Waals surface area contributed by atoms with Crippen LogP contribution < -0.4 is 25.5 Å². The molecule has 36 heavy (non-hydrogen) atoms. The molecule has 186 valence electrons. The zero-order valence-corrected chi connectivity index (χ0v) is 20.4. The summed E-state index contributed by atoms with van der Waals surface area (Å²) >= 11 is 0. The van der Waals surface area contributed by atoms with Gasteiger partial charge in [0, 0.05) is 6.54 Å². The highest BCUT2D eigenvalue weighted by Crippen LogP contribution is 2.30. The van der Waals surface area contributed by atoms with E-state index in [-0.39, 0.29) is 33.6 Å². The van der Waals surface area contributed by atoms with Crippen molar-refractivity contribution in [2.45, 2.75) is 18.4 Å². The number of methoxy groups -OCH3 is 1. The van der Waals surface area contributed by atoms with Crippen molar-refractivity contribution in [2.75, 3.05) is 23.3 Å². The average Bonchev–Trinajstić information content (AvgIpc) is 2.88. The second-order valence-electron chi connectivity index (χ2n) is 7.79. The SMILES string of the molecule is CCN(c1ccccc1)S(=O)(=O)c1ccc(OC)c(NC(=O)Cn2[nH]c(=O)c3ccccc3c2=O)c1. The maximum Gasteiger partial charge on any atom is 0.273 e. The number of ether oxygens (including phenoxy) is 1. The lowest BCUT2D eigenvalue weighted by molar-refractivity contribution is -0.117. The number of anilines is 2. The number of aromatic nitrogens is 2. The topological polar surface area (TPSA) is 131 Å². The van der Waals surface area contributed by atoms with Crippen LogP contribution in [0.5, 0.6) is 5.75 Å². The molecule has 10 nitrogen and oxygen atoms in total. The van der Waals surface area contributed by atoms with Gasteiger partial charge in [0.05, 0.1) is 34.2 Å². The standard InChI is InChI=1S/C25H24N4O6S/c1-3-29(17-9-5-4-6-10-17)36(33,34)18-13-14-22(35-2)21(15-18)26-23(30)16-28-25(32)20-12-8-7-11-19(20)24(31)27-28/h4-15H,3,16H2,1-2H3,(H,26,30)(H,27,31). The minimum absolute atomic E-state index is 0.0550. The Hall–Kier alpha value is -4.38. The Balaban J connectivity index is 1.65. The molecular weight excluding hydrogens is 484 g/mol. The number of rotatable bonds is 8. The summed E-state index contributed by atoms with van der Waals surface area (Å²) < 4.78 is 34.2. The Labute approximate surface area is 206 Å². The van der Waals surface area contributed by atoms with Crippen LogP contribution >= 0.6 is 0 Å². The summed E-state index contributed by atoms with van der Waals surface area (Å²) in [7, 11) is -2.58. The second kappa shape index (κ2) is 10.1. The van der Waals surface area contributed by atoms with Crippen LogP contribution in [0.4, 0.5) is 11.4 Å². The fraction of sp³-hybridized carbons (Fsp3) is 0.160. The summed E-state index contributed by atoms with van der Waals surface area (Å²) in [4.78, 5) is 37.8.